The van der Waals surface area contributed by atoms with Crippen LogP contribution in [-0.4, -0.2) is 32.3 Å². The summed E-state index contributed by atoms with van der Waals surface area (Å²) >= 11 is 0. The highest BCUT2D eigenvalue weighted by Gasteiger charge is 2.58. The van der Waals surface area contributed by atoms with Gasteiger partial charge in [-0.15, -0.1) is 0 Å². The van der Waals surface area contributed by atoms with Gasteiger partial charge in [-0.1, -0.05) is 6.92 Å². The van der Waals surface area contributed by atoms with Gasteiger partial charge in [-0.2, -0.15) is 16.8 Å². The molecule has 6 heteroatoms. The highest BCUT2D eigenvalue weighted by molar-refractivity contribution is 7.82. The molecule has 0 aliphatic carbocycles. The maximum Gasteiger partial charge on any atom is 0.407 e. The minimum Gasteiger partial charge on any atom is -0.250 e. The molecule has 76 valence electrons. The van der Waals surface area contributed by atoms with E-state index >= 15 is 0 Å². The van der Waals surface area contributed by atoms with Crippen LogP contribution >= 0.6 is 0 Å². The van der Waals surface area contributed by atoms with Crippen LogP contribution in [0.2, 0.25) is 0 Å². The highest BCUT2D eigenvalue weighted by Crippen LogP contribution is 2.42. The van der Waals surface area contributed by atoms with Crippen LogP contribution in [0.3, 0.4) is 0 Å². The second-order valence-electron chi connectivity index (χ2n) is 3.38. The molecule has 2 saturated heterocycles. The Balaban J connectivity index is 2.07. The summed E-state index contributed by atoms with van der Waals surface area (Å²) in [5.41, 5.74) is 0. The zero-order valence-electron chi connectivity index (χ0n) is 7.52. The zero-order valence-corrected chi connectivity index (χ0v) is 8.34. The van der Waals surface area contributed by atoms with Crippen molar-refractivity contribution in [3.63, 3.8) is 0 Å². The summed E-state index contributed by atoms with van der Waals surface area (Å²) < 4.78 is 31.1. The molecule has 0 aromatic rings. The smallest absolute Gasteiger partial charge is 0.250 e. The lowest BCUT2D eigenvalue weighted by Gasteiger charge is -2.41. The lowest BCUT2D eigenvalue weighted by Crippen LogP contribution is -2.58. The Morgan fingerprint density at radius 2 is 2.15 bits per heavy atom. The normalized spacial score (nSPS) is 30.5. The molecule has 0 N–H and O–H groups in total. The van der Waals surface area contributed by atoms with Crippen molar-refractivity contribution in [3.8, 4) is 0 Å². The molecule has 13 heavy (non-hydrogen) atoms. The molecule has 1 spiro atoms. The van der Waals surface area contributed by atoms with Gasteiger partial charge < -0.3 is 0 Å². The first-order valence-corrected chi connectivity index (χ1v) is 5.82. The van der Waals surface area contributed by atoms with Gasteiger partial charge in [0.2, 0.25) is 0 Å². The quantitative estimate of drug-likeness (QED) is 0.657. The predicted molar refractivity (Wildman–Crippen MR) is 44.9 cm³/mol. The molecule has 0 saturated carbocycles. The number of rotatable bonds is 2. The summed E-state index contributed by atoms with van der Waals surface area (Å²) in [6, 6.07) is 0. The van der Waals surface area contributed by atoms with Crippen molar-refractivity contribution in [1.29, 1.82) is 0 Å². The van der Waals surface area contributed by atoms with Crippen LogP contribution in [0.1, 0.15) is 26.2 Å². The van der Waals surface area contributed by atoms with E-state index in [1.54, 1.807) is 0 Å². The van der Waals surface area contributed by atoms with E-state index < -0.39 is 16.3 Å². The second-order valence-corrected chi connectivity index (χ2v) is 4.53. The van der Waals surface area contributed by atoms with Crippen LogP contribution < -0.4 is 0 Å². The van der Waals surface area contributed by atoms with E-state index in [1.165, 1.54) is 0 Å². The van der Waals surface area contributed by atoms with Gasteiger partial charge in [-0.3, -0.25) is 4.90 Å². The molecule has 2 aliphatic rings. The molecule has 2 heterocycles. The largest absolute Gasteiger partial charge is 0.407 e. The van der Waals surface area contributed by atoms with Crippen molar-refractivity contribution in [3.05, 3.63) is 0 Å². The van der Waals surface area contributed by atoms with Gasteiger partial charge >= 0.3 is 10.4 Å². The predicted octanol–water partition coefficient (Wildman–Crippen LogP) is 0.438. The van der Waals surface area contributed by atoms with Crippen molar-refractivity contribution < 1.29 is 16.8 Å². The van der Waals surface area contributed by atoms with Crippen LogP contribution in [0.5, 0.6) is 0 Å². The number of likely N-dealkylation sites (tertiary alicyclic amines) is 1. The Morgan fingerprint density at radius 1 is 1.46 bits per heavy atom. The van der Waals surface area contributed by atoms with Crippen LogP contribution in [0.25, 0.3) is 0 Å². The lowest BCUT2D eigenvalue weighted by molar-refractivity contribution is -0.262. The Labute approximate surface area is 77.9 Å². The summed E-state index contributed by atoms with van der Waals surface area (Å²) in [6.45, 7) is 3.71. The molecule has 0 amide bonds. The van der Waals surface area contributed by atoms with Crippen molar-refractivity contribution in [1.82, 2.24) is 4.90 Å². The van der Waals surface area contributed by atoms with Gasteiger partial charge in [-0.25, -0.2) is 0 Å². The number of nitrogens with zero attached hydrogens (tertiary/aromatic N) is 1. The molecule has 0 aromatic heterocycles. The third-order valence-electron chi connectivity index (χ3n) is 2.36. The average molecular weight is 207 g/mol. The Kier molecular flexibility index (Phi) is 2.10. The summed E-state index contributed by atoms with van der Waals surface area (Å²) in [6.07, 6.45) is 2.54. The van der Waals surface area contributed by atoms with Crippen LogP contribution in [0.15, 0.2) is 0 Å². The molecule has 2 rings (SSSR count). The van der Waals surface area contributed by atoms with Gasteiger partial charge in [0.15, 0.2) is 0 Å². The summed E-state index contributed by atoms with van der Waals surface area (Å²) in [4.78, 5) is 1.94. The first-order chi connectivity index (χ1) is 6.08. The van der Waals surface area contributed by atoms with Crippen molar-refractivity contribution in [2.24, 2.45) is 0 Å². The molecule has 2 aliphatic heterocycles. The van der Waals surface area contributed by atoms with E-state index in [2.05, 4.69) is 0 Å². The first kappa shape index (κ1) is 9.39. The number of hydrogen-bond donors (Lipinski definition) is 0. The molecule has 0 unspecified atom stereocenters. The third kappa shape index (κ3) is 1.48. The monoisotopic (exact) mass is 207 g/mol. The summed E-state index contributed by atoms with van der Waals surface area (Å²) in [5.74, 6) is -0.936. The third-order valence-corrected chi connectivity index (χ3v) is 3.29. The summed E-state index contributed by atoms with van der Waals surface area (Å²) in [5, 5.41) is 0. The molecule has 0 atom stereocenters. The molecule has 5 nitrogen and oxygen atoms in total. The standard InChI is InChI=1S/C7H13NO4S/c1-2-5-8-6-3-4-7(8)11-13(9,10)12-7/h2-6H2,1H3. The van der Waals surface area contributed by atoms with E-state index in [4.69, 9.17) is 8.37 Å². The Bertz CT molecular complexity index is 288. The van der Waals surface area contributed by atoms with Crippen LogP contribution in [-0.2, 0) is 18.8 Å². The van der Waals surface area contributed by atoms with Crippen LogP contribution in [0, 0.1) is 0 Å². The van der Waals surface area contributed by atoms with Gasteiger partial charge in [0, 0.05) is 19.5 Å². The van der Waals surface area contributed by atoms with Gasteiger partial charge in [0.05, 0.1) is 0 Å². The first-order valence-electron chi connectivity index (χ1n) is 4.49. The average Bonchev–Trinajstić information content (AvgIpc) is 2.32. The van der Waals surface area contributed by atoms with E-state index in [0.29, 0.717) is 6.42 Å². The van der Waals surface area contributed by atoms with E-state index in [9.17, 15) is 8.42 Å². The van der Waals surface area contributed by atoms with Gasteiger partial charge in [0.1, 0.15) is 0 Å². The topological polar surface area (TPSA) is 55.8 Å². The SMILES string of the molecule is CCCN1CCCC12OS(=O)(=O)O2. The van der Waals surface area contributed by atoms with Gasteiger partial charge in [-0.05, 0) is 12.8 Å². The van der Waals surface area contributed by atoms with Gasteiger partial charge in [0.25, 0.3) is 5.91 Å². The molecule has 2 fully saturated rings. The second kappa shape index (κ2) is 2.91. The lowest BCUT2D eigenvalue weighted by atomic mass is 10.3. The molecular weight excluding hydrogens is 194 g/mol. The minimum absolute atomic E-state index is 0.645. The molecule has 0 bridgehead atoms. The van der Waals surface area contributed by atoms with E-state index in [-0.39, 0.29) is 0 Å². The fraction of sp³-hybridized carbons (Fsp3) is 1.00. The molecule has 0 radical (unpaired) electrons. The van der Waals surface area contributed by atoms with E-state index in [0.717, 1.165) is 25.9 Å². The fourth-order valence-electron chi connectivity index (χ4n) is 1.89. The Morgan fingerprint density at radius 3 is 2.69 bits per heavy atom. The maximum absolute atomic E-state index is 10.7. The van der Waals surface area contributed by atoms with Crippen molar-refractivity contribution in [2.45, 2.75) is 32.1 Å². The summed E-state index contributed by atoms with van der Waals surface area (Å²) in [7, 11) is -3.67. The zero-order chi connectivity index (χ0) is 9.53. The van der Waals surface area contributed by atoms with Crippen LogP contribution in [0.4, 0.5) is 0 Å². The minimum atomic E-state index is -3.67. The van der Waals surface area contributed by atoms with E-state index in [1.807, 2.05) is 11.8 Å². The molecule has 0 aromatic carbocycles. The highest BCUT2D eigenvalue weighted by atomic mass is 32.3. The maximum atomic E-state index is 10.7. The van der Waals surface area contributed by atoms with Crippen molar-refractivity contribution >= 4 is 10.4 Å². The Hall–Kier alpha value is -0.170. The molecular formula is C7H13NO4S. The number of hydrogen-bond acceptors (Lipinski definition) is 5. The van der Waals surface area contributed by atoms with Crippen molar-refractivity contribution in [2.75, 3.05) is 13.1 Å². The fourth-order valence-corrected chi connectivity index (χ4v) is 2.92.